The Balaban J connectivity index is 1.95. The molecule has 156 valence electrons. The van der Waals surface area contributed by atoms with E-state index in [9.17, 15) is 20.1 Å². The van der Waals surface area contributed by atoms with Gasteiger partial charge >= 0.3 is 11.3 Å². The van der Waals surface area contributed by atoms with Crippen LogP contribution in [0.1, 0.15) is 22.3 Å². The zero-order valence-electron chi connectivity index (χ0n) is 16.9. The molecular weight excluding hydrogens is 418 g/mol. The number of H-pyrrole nitrogens is 1. The van der Waals surface area contributed by atoms with E-state index in [1.165, 1.54) is 11.7 Å². The molecule has 31 heavy (non-hydrogen) atoms. The monoisotopic (exact) mass is 436 g/mol. The van der Waals surface area contributed by atoms with Gasteiger partial charge in [0.15, 0.2) is 7.05 Å². The zero-order valence-corrected chi connectivity index (χ0v) is 17.8. The van der Waals surface area contributed by atoms with E-state index in [0.29, 0.717) is 5.69 Å². The Morgan fingerprint density at radius 1 is 1.32 bits per heavy atom. The molecule has 3 aromatic rings. The molecule has 0 aliphatic rings. The Morgan fingerprint density at radius 3 is 2.61 bits per heavy atom. The summed E-state index contributed by atoms with van der Waals surface area (Å²) in [5.74, 6) is -0.526. The van der Waals surface area contributed by atoms with Gasteiger partial charge in [0.05, 0.1) is 11.3 Å². The molecule has 2 heterocycles. The van der Waals surface area contributed by atoms with E-state index in [1.807, 2.05) is 44.2 Å². The van der Waals surface area contributed by atoms with Crippen molar-refractivity contribution in [2.75, 3.05) is 16.8 Å². The van der Waals surface area contributed by atoms with Gasteiger partial charge in [0.25, 0.3) is 0 Å². The fourth-order valence-electron chi connectivity index (χ4n) is 3.02. The molecule has 0 aliphatic carbocycles. The maximum Gasteiger partial charge on any atom is 0.435 e. The van der Waals surface area contributed by atoms with Crippen LogP contribution in [0.5, 0.6) is 0 Å². The quantitative estimate of drug-likeness (QED) is 0.400. The predicted octanol–water partition coefficient (Wildman–Crippen LogP) is 1.53. The van der Waals surface area contributed by atoms with Gasteiger partial charge in [-0.25, -0.2) is 9.78 Å². The summed E-state index contributed by atoms with van der Waals surface area (Å²) in [7, 11) is 1.49. The molecule has 3 rings (SSSR count). The number of hydrogen-bond donors (Lipinski definition) is 3. The van der Waals surface area contributed by atoms with Crippen molar-refractivity contribution in [1.29, 1.82) is 10.5 Å². The summed E-state index contributed by atoms with van der Waals surface area (Å²) >= 11 is 0.977. The third kappa shape index (κ3) is 4.27. The van der Waals surface area contributed by atoms with Crippen molar-refractivity contribution in [1.82, 2.24) is 10.3 Å². The Hall–Kier alpha value is -4.09. The van der Waals surface area contributed by atoms with Crippen molar-refractivity contribution in [2.24, 2.45) is 7.05 Å². The largest absolute Gasteiger partial charge is 0.435 e. The minimum Gasteiger partial charge on any atom is -0.383 e. The number of hydrogen-bond acceptors (Lipinski definition) is 8. The van der Waals surface area contributed by atoms with Crippen LogP contribution >= 0.6 is 11.8 Å². The first-order chi connectivity index (χ1) is 14.8. The summed E-state index contributed by atoms with van der Waals surface area (Å²) in [4.78, 5) is 28.7. The standard InChI is InChI=1S/C20H17N7O3S/c1-10-4-5-14(11(2)6-10)24-15(28)9-31-19-13(8-22)16(12(7-21)18(23)25-19)17-20(29)30-26-27(17)3/h4-6H,9H2,1-3H3,(H3-,23,24,25,26,28,29)/p+1. The fourth-order valence-corrected chi connectivity index (χ4v) is 3.82. The van der Waals surface area contributed by atoms with Crippen molar-refractivity contribution in [3.63, 3.8) is 0 Å². The molecule has 0 fully saturated rings. The molecule has 10 nitrogen and oxygen atoms in total. The molecule has 2 aromatic heterocycles. The number of carbonyl (C=O) groups excluding carboxylic acids is 1. The van der Waals surface area contributed by atoms with Gasteiger partial charge in [-0.1, -0.05) is 34.1 Å². The number of aryl methyl sites for hydroxylation is 3. The lowest BCUT2D eigenvalue weighted by atomic mass is 10.0. The Bertz CT molecular complexity index is 1330. The summed E-state index contributed by atoms with van der Waals surface area (Å²) in [5.41, 5.74) is 7.62. The normalized spacial score (nSPS) is 10.4. The third-order valence-electron chi connectivity index (χ3n) is 4.45. The van der Waals surface area contributed by atoms with Crippen LogP contribution in [0.25, 0.3) is 11.3 Å². The van der Waals surface area contributed by atoms with Gasteiger partial charge in [-0.15, -0.1) is 0 Å². The molecule has 0 atom stereocenters. The van der Waals surface area contributed by atoms with E-state index < -0.39 is 5.63 Å². The fraction of sp³-hybridized carbons (Fsp3) is 0.200. The van der Waals surface area contributed by atoms with Crippen molar-refractivity contribution >= 4 is 29.2 Å². The topological polar surface area (TPSA) is 165 Å². The van der Waals surface area contributed by atoms with Gasteiger partial charge < -0.3 is 11.1 Å². The summed E-state index contributed by atoms with van der Waals surface area (Å²) in [5, 5.41) is 24.5. The number of carbonyl (C=O) groups is 1. The van der Waals surface area contributed by atoms with Crippen LogP contribution < -0.4 is 21.4 Å². The number of nitrogens with two attached hydrogens (primary N) is 1. The Kier molecular flexibility index (Phi) is 6.09. The molecule has 0 unspecified atom stereocenters. The van der Waals surface area contributed by atoms with E-state index in [0.717, 1.165) is 22.9 Å². The number of amides is 1. The highest BCUT2D eigenvalue weighted by atomic mass is 32.2. The van der Waals surface area contributed by atoms with Crippen LogP contribution in [0.3, 0.4) is 0 Å². The summed E-state index contributed by atoms with van der Waals surface area (Å²) in [6.45, 7) is 3.85. The number of aromatic nitrogens is 3. The number of nitrogens with one attached hydrogen (secondary N) is 2. The number of pyridine rings is 1. The van der Waals surface area contributed by atoms with Crippen LogP contribution in [-0.2, 0) is 11.8 Å². The molecule has 11 heteroatoms. The molecule has 0 bridgehead atoms. The minimum atomic E-state index is -0.773. The maximum absolute atomic E-state index is 12.5. The number of rotatable bonds is 5. The smallest absolute Gasteiger partial charge is 0.383 e. The highest BCUT2D eigenvalue weighted by Crippen LogP contribution is 2.33. The highest BCUT2D eigenvalue weighted by Gasteiger charge is 2.31. The lowest BCUT2D eigenvalue weighted by Crippen LogP contribution is -2.34. The number of thioether (sulfide) groups is 1. The van der Waals surface area contributed by atoms with E-state index in [4.69, 9.17) is 10.3 Å². The van der Waals surface area contributed by atoms with E-state index in [-0.39, 0.29) is 44.9 Å². The second-order valence-electron chi connectivity index (χ2n) is 6.69. The highest BCUT2D eigenvalue weighted by molar-refractivity contribution is 8.00. The van der Waals surface area contributed by atoms with Gasteiger partial charge in [0, 0.05) is 5.69 Å². The molecule has 0 saturated carbocycles. The Morgan fingerprint density at radius 2 is 2.03 bits per heavy atom. The predicted molar refractivity (Wildman–Crippen MR) is 113 cm³/mol. The molecular formula is C20H18N7O3S+. The van der Waals surface area contributed by atoms with Crippen molar-refractivity contribution in [3.05, 3.63) is 50.9 Å². The second-order valence-corrected chi connectivity index (χ2v) is 7.66. The number of anilines is 2. The first-order valence-electron chi connectivity index (χ1n) is 8.98. The summed E-state index contributed by atoms with van der Waals surface area (Å²) in [6.07, 6.45) is 0. The average molecular weight is 436 g/mol. The number of benzene rings is 1. The second kappa shape index (κ2) is 8.73. The first-order valence-corrected chi connectivity index (χ1v) is 9.96. The average Bonchev–Trinajstić information content (AvgIpc) is 3.05. The zero-order chi connectivity index (χ0) is 22.7. The van der Waals surface area contributed by atoms with E-state index in [1.54, 1.807) is 0 Å². The molecule has 1 amide bonds. The minimum absolute atomic E-state index is 0.00675. The lowest BCUT2D eigenvalue weighted by Gasteiger charge is -2.11. The van der Waals surface area contributed by atoms with Crippen LogP contribution in [0.4, 0.5) is 11.5 Å². The molecule has 0 saturated heterocycles. The van der Waals surface area contributed by atoms with Crippen molar-refractivity contribution in [2.45, 2.75) is 18.9 Å². The third-order valence-corrected chi connectivity index (χ3v) is 5.43. The number of aromatic amines is 1. The Labute approximate surface area is 181 Å². The van der Waals surface area contributed by atoms with Crippen LogP contribution in [0.15, 0.2) is 32.5 Å². The van der Waals surface area contributed by atoms with Gasteiger partial charge in [-0.3, -0.25) is 9.32 Å². The first kappa shape index (κ1) is 21.6. The molecule has 1 aromatic carbocycles. The molecule has 4 N–H and O–H groups in total. The molecule has 0 spiro atoms. The van der Waals surface area contributed by atoms with Crippen molar-refractivity contribution < 1.29 is 14.0 Å². The van der Waals surface area contributed by atoms with Gasteiger partial charge in [-0.2, -0.15) is 10.5 Å². The van der Waals surface area contributed by atoms with Gasteiger partial charge in [0.2, 0.25) is 5.91 Å². The number of nitrogen functional groups attached to an aromatic ring is 1. The van der Waals surface area contributed by atoms with Gasteiger partial charge in [-0.05, 0) is 30.7 Å². The number of nitriles is 2. The van der Waals surface area contributed by atoms with E-state index in [2.05, 4.69) is 15.6 Å². The van der Waals surface area contributed by atoms with Crippen LogP contribution in [-0.4, -0.2) is 21.9 Å². The van der Waals surface area contributed by atoms with Gasteiger partial charge in [0.1, 0.15) is 34.1 Å². The summed E-state index contributed by atoms with van der Waals surface area (Å²) < 4.78 is 5.98. The van der Waals surface area contributed by atoms with Crippen LogP contribution in [0.2, 0.25) is 0 Å². The van der Waals surface area contributed by atoms with E-state index >= 15 is 0 Å². The van der Waals surface area contributed by atoms with Crippen LogP contribution in [0, 0.1) is 36.5 Å². The molecule has 0 aliphatic heterocycles. The maximum atomic E-state index is 12.5. The number of nitrogens with zero attached hydrogens (tertiary/aromatic N) is 4. The lowest BCUT2D eigenvalue weighted by molar-refractivity contribution is -0.730. The van der Waals surface area contributed by atoms with Crippen molar-refractivity contribution in [3.8, 4) is 23.4 Å². The SMILES string of the molecule is Cc1ccc(NC(=O)CSc2nc(N)c(C#N)c(-c3c(=O)o[nH][n+]3C)c2C#N)c(C)c1. The summed E-state index contributed by atoms with van der Waals surface area (Å²) in [6, 6.07) is 9.51. The molecule has 0 radical (unpaired) electrons.